The lowest BCUT2D eigenvalue weighted by atomic mass is 9.61. The van der Waals surface area contributed by atoms with Gasteiger partial charge in [0.1, 0.15) is 14.1 Å². The zero-order valence-electron chi connectivity index (χ0n) is 13.7. The summed E-state index contributed by atoms with van der Waals surface area (Å²) in [6.45, 7) is 0. The highest BCUT2D eigenvalue weighted by atomic mass is 35.5. The smallest absolute Gasteiger partial charge is 0.113 e. The fourth-order valence-corrected chi connectivity index (χ4v) is 13.9. The Balaban J connectivity index is 1.65. The van der Waals surface area contributed by atoms with Gasteiger partial charge in [-0.15, -0.1) is 69.6 Å². The molecular weight excluding hydrogens is 630 g/mol. The van der Waals surface area contributed by atoms with Crippen LogP contribution < -0.4 is 0 Å². The molecule has 0 nitrogen and oxygen atoms in total. The average Bonchev–Trinajstić information content (AvgIpc) is 3.24. The van der Waals surface area contributed by atoms with Crippen molar-refractivity contribution in [3.8, 4) is 0 Å². The summed E-state index contributed by atoms with van der Waals surface area (Å²) < 4.78 is -2.96. The molecule has 0 spiro atoms. The van der Waals surface area contributed by atoms with Crippen molar-refractivity contribution < 1.29 is 0 Å². The molecule has 0 amide bonds. The van der Waals surface area contributed by atoms with E-state index >= 15 is 0 Å². The van der Waals surface area contributed by atoms with Crippen LogP contribution >= 0.6 is 139 Å². The maximum atomic E-state index is 7.10. The van der Waals surface area contributed by atoms with Crippen LogP contribution in [0.3, 0.4) is 0 Å². The molecule has 6 rings (SSSR count). The maximum absolute atomic E-state index is 7.10. The molecular formula is C17H8Cl12. The lowest BCUT2D eigenvalue weighted by Gasteiger charge is -2.49. The van der Waals surface area contributed by atoms with Gasteiger partial charge in [0, 0.05) is 11.8 Å². The van der Waals surface area contributed by atoms with E-state index in [1.165, 1.54) is 0 Å². The molecule has 0 aromatic carbocycles. The molecule has 12 heteroatoms. The van der Waals surface area contributed by atoms with E-state index in [0.29, 0.717) is 16.5 Å². The normalized spacial score (nSPS) is 62.5. The summed E-state index contributed by atoms with van der Waals surface area (Å²) in [7, 11) is 0. The Labute approximate surface area is 227 Å². The van der Waals surface area contributed by atoms with Crippen LogP contribution in [0.15, 0.2) is 20.1 Å². The molecule has 6 aliphatic rings. The molecule has 10 atom stereocenters. The summed E-state index contributed by atoms with van der Waals surface area (Å²) in [5.74, 6) is -2.52. The number of fused-ring (bicyclic) bond motifs is 16. The van der Waals surface area contributed by atoms with Crippen molar-refractivity contribution in [1.82, 2.24) is 0 Å². The second-order valence-corrected chi connectivity index (χ2v) is 15.8. The Morgan fingerprint density at radius 3 is 1.17 bits per heavy atom. The quantitative estimate of drug-likeness (QED) is 0.184. The van der Waals surface area contributed by atoms with Gasteiger partial charge in [-0.05, 0) is 30.1 Å². The first-order valence-electron chi connectivity index (χ1n) is 8.71. The van der Waals surface area contributed by atoms with E-state index in [1.807, 2.05) is 0 Å². The van der Waals surface area contributed by atoms with Gasteiger partial charge in [-0.25, -0.2) is 0 Å². The third-order valence-electron chi connectivity index (χ3n) is 8.37. The fraction of sp³-hybridized carbons (Fsp3) is 0.765. The van der Waals surface area contributed by atoms with Crippen LogP contribution in [0.25, 0.3) is 0 Å². The number of alkyl halides is 8. The molecule has 0 N–H and O–H groups in total. The van der Waals surface area contributed by atoms with Crippen molar-refractivity contribution in [3.05, 3.63) is 20.1 Å². The molecule has 29 heavy (non-hydrogen) atoms. The van der Waals surface area contributed by atoms with Gasteiger partial charge in [-0.2, -0.15) is 0 Å². The van der Waals surface area contributed by atoms with E-state index in [9.17, 15) is 0 Å². The summed E-state index contributed by atoms with van der Waals surface area (Å²) in [4.78, 5) is -4.98. The Kier molecular flexibility index (Phi) is 4.39. The minimum absolute atomic E-state index is 0.113. The van der Waals surface area contributed by atoms with Crippen molar-refractivity contribution >= 4 is 139 Å². The Hall–Kier alpha value is 2.96. The molecule has 0 heterocycles. The predicted molar refractivity (Wildman–Crippen MR) is 126 cm³/mol. The number of rotatable bonds is 0. The highest BCUT2D eigenvalue weighted by Gasteiger charge is 2.94. The molecule has 4 fully saturated rings. The Morgan fingerprint density at radius 2 is 0.828 bits per heavy atom. The van der Waals surface area contributed by atoms with Crippen molar-refractivity contribution in [2.75, 3.05) is 0 Å². The number of allylic oxidation sites excluding steroid dienone is 4. The van der Waals surface area contributed by atoms with Gasteiger partial charge in [0.15, 0.2) is 4.33 Å². The second-order valence-electron chi connectivity index (χ2n) is 8.98. The van der Waals surface area contributed by atoms with Gasteiger partial charge >= 0.3 is 0 Å². The average molecular weight is 638 g/mol. The summed E-state index contributed by atoms with van der Waals surface area (Å²) in [6, 6.07) is 0. The van der Waals surface area contributed by atoms with E-state index in [1.54, 1.807) is 0 Å². The summed E-state index contributed by atoms with van der Waals surface area (Å²) in [6.07, 6.45) is 0.360. The van der Waals surface area contributed by atoms with Crippen LogP contribution in [0.1, 0.15) is 6.42 Å². The molecule has 6 unspecified atom stereocenters. The van der Waals surface area contributed by atoms with E-state index in [-0.39, 0.29) is 21.9 Å². The molecule has 0 aromatic rings. The van der Waals surface area contributed by atoms with Crippen molar-refractivity contribution in [2.24, 2.45) is 35.5 Å². The number of halogens is 12. The monoisotopic (exact) mass is 632 g/mol. The molecule has 160 valence electrons. The second kappa shape index (κ2) is 5.68. The summed E-state index contributed by atoms with van der Waals surface area (Å²) >= 11 is 82.2. The van der Waals surface area contributed by atoms with Crippen LogP contribution in [-0.2, 0) is 0 Å². The number of hydrogen-bond acceptors (Lipinski definition) is 0. The predicted octanol–water partition coefficient (Wildman–Crippen LogP) is 8.79. The Morgan fingerprint density at radius 1 is 0.483 bits per heavy atom. The van der Waals surface area contributed by atoms with Crippen molar-refractivity contribution in [3.63, 3.8) is 0 Å². The third-order valence-corrected chi connectivity index (χ3v) is 16.2. The number of hydrogen-bond donors (Lipinski definition) is 0. The molecule has 0 aromatic heterocycles. The summed E-state index contributed by atoms with van der Waals surface area (Å²) in [5.41, 5.74) is 0. The fourth-order valence-electron chi connectivity index (χ4n) is 7.64. The van der Waals surface area contributed by atoms with E-state index in [4.69, 9.17) is 139 Å². The van der Waals surface area contributed by atoms with E-state index in [0.717, 1.165) is 0 Å². The van der Waals surface area contributed by atoms with Gasteiger partial charge in [-0.1, -0.05) is 69.6 Å². The first-order valence-corrected chi connectivity index (χ1v) is 13.2. The lowest BCUT2D eigenvalue weighted by molar-refractivity contribution is 0.0959. The summed E-state index contributed by atoms with van der Waals surface area (Å²) in [5, 5.41) is 0.866. The van der Waals surface area contributed by atoms with Crippen LogP contribution in [0.5, 0.6) is 0 Å². The minimum atomic E-state index is -1.69. The molecule has 0 saturated heterocycles. The van der Waals surface area contributed by atoms with Crippen molar-refractivity contribution in [2.45, 2.75) is 34.6 Å². The van der Waals surface area contributed by atoms with Gasteiger partial charge in [-0.3, -0.25) is 0 Å². The molecule has 4 saturated carbocycles. The van der Waals surface area contributed by atoms with Gasteiger partial charge in [0.05, 0.1) is 29.9 Å². The Bertz CT molecular complexity index is 899. The lowest BCUT2D eigenvalue weighted by Crippen LogP contribution is -2.51. The molecule has 0 aliphatic heterocycles. The first kappa shape index (κ1) is 22.4. The largest absolute Gasteiger partial charge is 0.166 e. The van der Waals surface area contributed by atoms with Gasteiger partial charge in [0.2, 0.25) is 0 Å². The minimum Gasteiger partial charge on any atom is -0.113 e. The van der Waals surface area contributed by atoms with E-state index in [2.05, 4.69) is 0 Å². The van der Waals surface area contributed by atoms with Crippen LogP contribution in [-0.4, -0.2) is 28.2 Å². The van der Waals surface area contributed by atoms with E-state index < -0.39 is 51.8 Å². The zero-order valence-corrected chi connectivity index (χ0v) is 22.8. The van der Waals surface area contributed by atoms with Crippen LogP contribution in [0.2, 0.25) is 0 Å². The van der Waals surface area contributed by atoms with Crippen LogP contribution in [0, 0.1) is 35.5 Å². The standard InChI is InChI=1S/C17H8Cl12/c18-8-9(19)13(23)1-12(8,22)2-3(13)7-5-4(6(2)16(7,26)27)14(24)10(20)11(21)15(5,25)17(14,28)29/h2-7H,1H2/t2?,3?,4?,5?,6?,7?,12-,13+,14+,15-. The SMILES string of the molecule is ClC1=C(Cl)[C@@]2(Cl)C[C@]1(Cl)C1C3C4C(C(C12)C3(Cl)Cl)[C@]1(Cl)C(Cl)=C(Cl)[C@@]4(Cl)C1(Cl)Cl. The molecule has 6 bridgehead atoms. The highest BCUT2D eigenvalue weighted by molar-refractivity contribution is 6.66. The van der Waals surface area contributed by atoms with Gasteiger partial charge < -0.3 is 0 Å². The maximum Gasteiger partial charge on any atom is 0.166 e. The van der Waals surface area contributed by atoms with Gasteiger partial charge in [0.25, 0.3) is 0 Å². The van der Waals surface area contributed by atoms with Crippen LogP contribution in [0.4, 0.5) is 0 Å². The first-order chi connectivity index (χ1) is 13.1. The molecule has 6 aliphatic carbocycles. The molecule has 0 radical (unpaired) electrons. The highest BCUT2D eigenvalue weighted by Crippen LogP contribution is 2.90. The third kappa shape index (κ3) is 1.83. The zero-order chi connectivity index (χ0) is 21.5. The van der Waals surface area contributed by atoms with Crippen molar-refractivity contribution in [1.29, 1.82) is 0 Å². The topological polar surface area (TPSA) is 0 Å².